The fraction of sp³-hybridized carbons (Fsp3) is 0. The van der Waals surface area contributed by atoms with E-state index in [0.717, 1.165) is 24.4 Å². The van der Waals surface area contributed by atoms with E-state index < -0.39 is 26.3 Å². The summed E-state index contributed by atoms with van der Waals surface area (Å²) in [4.78, 5) is 22.0. The Morgan fingerprint density at radius 1 is 1.15 bits per heavy atom. The molecule has 0 amide bonds. The number of hydrogen-bond acceptors (Lipinski definition) is 7. The number of nitro benzene ring substituents is 1. The second kappa shape index (κ2) is 5.89. The monoisotopic (exact) mass is 405 g/mol. The molecule has 27 heavy (non-hydrogen) atoms. The molecule has 0 N–H and O–H groups in total. The van der Waals surface area contributed by atoms with Crippen LogP contribution in [0.25, 0.3) is 21.9 Å². The van der Waals surface area contributed by atoms with Crippen LogP contribution in [0.15, 0.2) is 62.8 Å². The lowest BCUT2D eigenvalue weighted by Gasteiger charge is -2.04. The van der Waals surface area contributed by atoms with Gasteiger partial charge in [0.15, 0.2) is 0 Å². The summed E-state index contributed by atoms with van der Waals surface area (Å²) in [7, 11) is -4.30. The highest BCUT2D eigenvalue weighted by molar-refractivity contribution is 7.89. The molecule has 9 nitrogen and oxygen atoms in total. The zero-order valence-corrected chi connectivity index (χ0v) is 14.8. The fourth-order valence-corrected chi connectivity index (χ4v) is 3.97. The number of aromatic nitrogens is 2. The fourth-order valence-electron chi connectivity index (χ4n) is 2.63. The third-order valence-electron chi connectivity index (χ3n) is 3.92. The summed E-state index contributed by atoms with van der Waals surface area (Å²) in [5.41, 5.74) is -0.889. The standard InChI is InChI=1S/C16H8ClN3O6S/c17-12-6-5-9(7-13(12)20(22)23)27(24,25)19-8-11-15(18-19)10-3-1-2-4-14(10)26-16(11)21/h1-8H. The Bertz CT molecular complexity index is 1410. The lowest BCUT2D eigenvalue weighted by atomic mass is 10.2. The number of benzene rings is 2. The van der Waals surface area contributed by atoms with Gasteiger partial charge < -0.3 is 4.42 Å². The predicted molar refractivity (Wildman–Crippen MR) is 96.5 cm³/mol. The Balaban J connectivity index is 1.98. The summed E-state index contributed by atoms with van der Waals surface area (Å²) in [5.74, 6) is 0. The van der Waals surface area contributed by atoms with Crippen molar-refractivity contribution in [2.75, 3.05) is 0 Å². The molecule has 0 saturated heterocycles. The van der Waals surface area contributed by atoms with Crippen molar-refractivity contribution in [2.24, 2.45) is 0 Å². The smallest absolute Gasteiger partial charge is 0.347 e. The van der Waals surface area contributed by atoms with Gasteiger partial charge in [0.05, 0.1) is 16.0 Å². The van der Waals surface area contributed by atoms with Crippen molar-refractivity contribution in [2.45, 2.75) is 4.90 Å². The van der Waals surface area contributed by atoms with Gasteiger partial charge in [-0.15, -0.1) is 0 Å². The summed E-state index contributed by atoms with van der Waals surface area (Å²) in [5, 5.41) is 15.3. The van der Waals surface area contributed by atoms with E-state index in [1.807, 2.05) is 0 Å². The highest BCUT2D eigenvalue weighted by Crippen LogP contribution is 2.29. The lowest BCUT2D eigenvalue weighted by Crippen LogP contribution is -2.13. The van der Waals surface area contributed by atoms with Crippen LogP contribution in [0.5, 0.6) is 0 Å². The molecule has 2 aromatic carbocycles. The summed E-state index contributed by atoms with van der Waals surface area (Å²) < 4.78 is 31.4. The third-order valence-corrected chi connectivity index (χ3v) is 5.77. The highest BCUT2D eigenvalue weighted by atomic mass is 35.5. The molecule has 0 bridgehead atoms. The van der Waals surface area contributed by atoms with Crippen molar-refractivity contribution in [3.05, 3.63) is 74.2 Å². The maximum Gasteiger partial charge on any atom is 0.347 e. The first-order chi connectivity index (χ1) is 12.8. The van der Waals surface area contributed by atoms with Gasteiger partial charge in [0.1, 0.15) is 21.5 Å². The minimum atomic E-state index is -4.30. The molecular formula is C16H8ClN3O6S. The molecule has 0 aliphatic rings. The Morgan fingerprint density at radius 3 is 2.63 bits per heavy atom. The number of fused-ring (bicyclic) bond motifs is 3. The van der Waals surface area contributed by atoms with Crippen LogP contribution >= 0.6 is 11.6 Å². The molecule has 0 saturated carbocycles. The average molecular weight is 406 g/mol. The second-order valence-electron chi connectivity index (χ2n) is 5.52. The van der Waals surface area contributed by atoms with Gasteiger partial charge in [-0.2, -0.15) is 17.6 Å². The number of nitro groups is 1. The first kappa shape index (κ1) is 17.2. The van der Waals surface area contributed by atoms with E-state index in [-0.39, 0.29) is 26.4 Å². The van der Waals surface area contributed by atoms with Gasteiger partial charge in [0.2, 0.25) is 0 Å². The SMILES string of the molecule is O=c1oc2ccccc2c2nn(S(=O)(=O)c3ccc(Cl)c([N+](=O)[O-])c3)cc12. The molecule has 0 spiro atoms. The van der Waals surface area contributed by atoms with E-state index in [1.54, 1.807) is 24.3 Å². The van der Waals surface area contributed by atoms with Gasteiger partial charge in [-0.25, -0.2) is 4.79 Å². The molecule has 0 fully saturated rings. The van der Waals surface area contributed by atoms with Crippen molar-refractivity contribution in [1.29, 1.82) is 0 Å². The molecule has 11 heteroatoms. The van der Waals surface area contributed by atoms with E-state index in [2.05, 4.69) is 5.10 Å². The first-order valence-electron chi connectivity index (χ1n) is 7.40. The van der Waals surface area contributed by atoms with Crippen LogP contribution in [0, 0.1) is 10.1 Å². The van der Waals surface area contributed by atoms with Crippen LogP contribution in [0.4, 0.5) is 5.69 Å². The van der Waals surface area contributed by atoms with Gasteiger partial charge >= 0.3 is 5.63 Å². The normalized spacial score (nSPS) is 11.9. The zero-order chi connectivity index (χ0) is 19.3. The number of hydrogen-bond donors (Lipinski definition) is 0. The van der Waals surface area contributed by atoms with Gasteiger partial charge in [-0.1, -0.05) is 23.7 Å². The van der Waals surface area contributed by atoms with Crippen molar-refractivity contribution in [3.8, 4) is 0 Å². The maximum atomic E-state index is 12.8. The minimum absolute atomic E-state index is 0.0271. The predicted octanol–water partition coefficient (Wildman–Crippen LogP) is 2.94. The number of rotatable bonds is 3. The van der Waals surface area contributed by atoms with E-state index in [1.165, 1.54) is 0 Å². The van der Waals surface area contributed by atoms with Gasteiger partial charge in [0.25, 0.3) is 15.7 Å². The topological polar surface area (TPSA) is 125 Å². The lowest BCUT2D eigenvalue weighted by molar-refractivity contribution is -0.384. The Morgan fingerprint density at radius 2 is 1.89 bits per heavy atom. The van der Waals surface area contributed by atoms with E-state index in [9.17, 15) is 23.3 Å². The van der Waals surface area contributed by atoms with Crippen molar-refractivity contribution in [1.82, 2.24) is 9.19 Å². The molecule has 0 aliphatic heterocycles. The molecule has 0 radical (unpaired) electrons. The largest absolute Gasteiger partial charge is 0.422 e. The third kappa shape index (κ3) is 2.66. The van der Waals surface area contributed by atoms with E-state index >= 15 is 0 Å². The Kier molecular flexibility index (Phi) is 3.75. The average Bonchev–Trinajstić information content (AvgIpc) is 3.09. The molecule has 4 rings (SSSR count). The first-order valence-corrected chi connectivity index (χ1v) is 9.21. The molecule has 4 aromatic rings. The van der Waals surface area contributed by atoms with Crippen LogP contribution in [0.2, 0.25) is 5.02 Å². The minimum Gasteiger partial charge on any atom is -0.422 e. The van der Waals surface area contributed by atoms with Crippen LogP contribution in [-0.2, 0) is 10.0 Å². The molecule has 136 valence electrons. The number of halogens is 1. The van der Waals surface area contributed by atoms with Crippen LogP contribution < -0.4 is 5.63 Å². The molecule has 0 atom stereocenters. The van der Waals surface area contributed by atoms with E-state index in [4.69, 9.17) is 16.0 Å². The summed E-state index contributed by atoms with van der Waals surface area (Å²) >= 11 is 5.73. The molecule has 2 aromatic heterocycles. The summed E-state index contributed by atoms with van der Waals surface area (Å²) in [6.45, 7) is 0. The number of para-hydroxylation sites is 1. The van der Waals surface area contributed by atoms with Gasteiger partial charge in [-0.3, -0.25) is 10.1 Å². The van der Waals surface area contributed by atoms with Crippen molar-refractivity contribution >= 4 is 49.2 Å². The molecule has 2 heterocycles. The molecular weight excluding hydrogens is 398 g/mol. The number of nitrogens with zero attached hydrogens (tertiary/aromatic N) is 3. The molecule has 0 aliphatic carbocycles. The molecule has 0 unspecified atom stereocenters. The highest BCUT2D eigenvalue weighted by Gasteiger charge is 2.24. The quantitative estimate of drug-likeness (QED) is 0.291. The van der Waals surface area contributed by atoms with Crippen molar-refractivity contribution < 1.29 is 17.8 Å². The maximum absolute atomic E-state index is 12.8. The van der Waals surface area contributed by atoms with Crippen LogP contribution in [0.3, 0.4) is 0 Å². The van der Waals surface area contributed by atoms with Gasteiger partial charge in [-0.05, 0) is 24.3 Å². The summed E-state index contributed by atoms with van der Waals surface area (Å²) in [6, 6.07) is 9.63. The zero-order valence-electron chi connectivity index (χ0n) is 13.2. The Hall–Kier alpha value is -3.24. The van der Waals surface area contributed by atoms with Crippen LogP contribution in [-0.4, -0.2) is 22.5 Å². The van der Waals surface area contributed by atoms with Crippen molar-refractivity contribution in [3.63, 3.8) is 0 Å². The second-order valence-corrected chi connectivity index (χ2v) is 7.73. The summed E-state index contributed by atoms with van der Waals surface area (Å²) in [6.07, 6.45) is 1.02. The van der Waals surface area contributed by atoms with Gasteiger partial charge in [0, 0.05) is 11.5 Å². The Labute approximate surface area is 155 Å². The van der Waals surface area contributed by atoms with E-state index in [0.29, 0.717) is 9.47 Å². The van der Waals surface area contributed by atoms with Crippen LogP contribution in [0.1, 0.15) is 0 Å².